The smallest absolute Gasteiger partial charge is 0.335 e. The van der Waals surface area contributed by atoms with Crippen LogP contribution in [0.1, 0.15) is 44.3 Å². The van der Waals surface area contributed by atoms with Gasteiger partial charge < -0.3 is 10.0 Å². The van der Waals surface area contributed by atoms with Crippen molar-refractivity contribution in [1.82, 2.24) is 4.90 Å². The number of amides is 1. The number of halogens is 2. The Morgan fingerprint density at radius 1 is 1.25 bits per heavy atom. The first-order valence-corrected chi connectivity index (χ1v) is 7.84. The number of fused-ring (bicyclic) bond motifs is 1. The first-order valence-electron chi connectivity index (χ1n) is 7.47. The summed E-state index contributed by atoms with van der Waals surface area (Å²) in [6.07, 6.45) is 1.48. The molecule has 0 heterocycles. The van der Waals surface area contributed by atoms with Gasteiger partial charge in [-0.3, -0.25) is 4.79 Å². The van der Waals surface area contributed by atoms with Crippen LogP contribution in [0.2, 0.25) is 5.02 Å². The van der Waals surface area contributed by atoms with Crippen molar-refractivity contribution in [1.29, 1.82) is 0 Å². The highest BCUT2D eigenvalue weighted by molar-refractivity contribution is 6.33. The molecule has 1 amide bonds. The second kappa shape index (κ2) is 6.24. The number of nitrogens with zero attached hydrogens (tertiary/aromatic N) is 1. The molecule has 0 saturated heterocycles. The number of benzene rings is 2. The number of rotatable bonds is 3. The third kappa shape index (κ3) is 2.87. The van der Waals surface area contributed by atoms with E-state index in [0.29, 0.717) is 6.42 Å². The van der Waals surface area contributed by atoms with Gasteiger partial charge in [-0.05, 0) is 54.3 Å². The summed E-state index contributed by atoms with van der Waals surface area (Å²) in [4.78, 5) is 25.4. The summed E-state index contributed by atoms with van der Waals surface area (Å²) in [6, 6.07) is 8.41. The summed E-state index contributed by atoms with van der Waals surface area (Å²) in [5.41, 5.74) is 2.29. The van der Waals surface area contributed by atoms with Crippen molar-refractivity contribution >= 4 is 23.5 Å². The number of carbonyl (C=O) groups is 2. The molecule has 2 aromatic carbocycles. The second-order valence-corrected chi connectivity index (χ2v) is 6.22. The first-order chi connectivity index (χ1) is 11.4. The summed E-state index contributed by atoms with van der Waals surface area (Å²) in [7, 11) is 1.65. The number of hydrogen-bond acceptors (Lipinski definition) is 2. The number of carboxylic acid groups (broad SMARTS) is 1. The standard InChI is InChI=1S/C18H15ClFNO3/c1-21(17(22)13-6-5-12(20)9-15(13)19)16-7-4-10-2-3-11(18(23)24)8-14(10)16/h2-3,5-6,8-9,16H,4,7H2,1H3,(H,23,24)/t16-/m1/s1. The number of hydrogen-bond donors (Lipinski definition) is 1. The summed E-state index contributed by atoms with van der Waals surface area (Å²) < 4.78 is 13.2. The summed E-state index contributed by atoms with van der Waals surface area (Å²) in [5.74, 6) is -1.82. The lowest BCUT2D eigenvalue weighted by molar-refractivity contribution is 0.0696. The van der Waals surface area contributed by atoms with E-state index in [4.69, 9.17) is 16.7 Å². The van der Waals surface area contributed by atoms with E-state index in [-0.39, 0.29) is 28.1 Å². The third-order valence-electron chi connectivity index (χ3n) is 4.39. The van der Waals surface area contributed by atoms with Gasteiger partial charge in [0.05, 0.1) is 22.2 Å². The van der Waals surface area contributed by atoms with Crippen LogP contribution in [0.15, 0.2) is 36.4 Å². The van der Waals surface area contributed by atoms with Crippen molar-refractivity contribution in [3.63, 3.8) is 0 Å². The zero-order valence-electron chi connectivity index (χ0n) is 12.9. The molecule has 0 aliphatic heterocycles. The van der Waals surface area contributed by atoms with E-state index in [0.717, 1.165) is 23.6 Å². The monoisotopic (exact) mass is 347 g/mol. The van der Waals surface area contributed by atoms with Crippen molar-refractivity contribution in [2.24, 2.45) is 0 Å². The van der Waals surface area contributed by atoms with Gasteiger partial charge in [-0.25, -0.2) is 9.18 Å². The fraction of sp³-hybridized carbons (Fsp3) is 0.222. The molecule has 0 aromatic heterocycles. The molecule has 1 aliphatic rings. The van der Waals surface area contributed by atoms with Crippen LogP contribution in [-0.2, 0) is 6.42 Å². The van der Waals surface area contributed by atoms with Crippen LogP contribution in [0.3, 0.4) is 0 Å². The Bertz CT molecular complexity index is 837. The Labute approximate surface area is 143 Å². The van der Waals surface area contributed by atoms with Crippen molar-refractivity contribution in [2.45, 2.75) is 18.9 Å². The third-order valence-corrected chi connectivity index (χ3v) is 4.70. The Morgan fingerprint density at radius 2 is 2.00 bits per heavy atom. The summed E-state index contributed by atoms with van der Waals surface area (Å²) in [5, 5.41) is 9.22. The van der Waals surface area contributed by atoms with E-state index < -0.39 is 11.8 Å². The fourth-order valence-electron chi connectivity index (χ4n) is 3.11. The lowest BCUT2D eigenvalue weighted by Gasteiger charge is -2.26. The molecule has 24 heavy (non-hydrogen) atoms. The first kappa shape index (κ1) is 16.5. The largest absolute Gasteiger partial charge is 0.478 e. The maximum Gasteiger partial charge on any atom is 0.335 e. The van der Waals surface area contributed by atoms with E-state index in [1.165, 1.54) is 17.0 Å². The van der Waals surface area contributed by atoms with E-state index in [9.17, 15) is 14.0 Å². The second-order valence-electron chi connectivity index (χ2n) is 5.81. The molecule has 6 heteroatoms. The van der Waals surface area contributed by atoms with Crippen LogP contribution in [0.5, 0.6) is 0 Å². The zero-order chi connectivity index (χ0) is 17.4. The lowest BCUT2D eigenvalue weighted by Crippen LogP contribution is -2.30. The molecule has 0 saturated carbocycles. The Balaban J connectivity index is 1.92. The maximum atomic E-state index is 13.2. The molecule has 0 unspecified atom stereocenters. The SMILES string of the molecule is CN(C(=O)c1ccc(F)cc1Cl)[C@@H]1CCc2ccc(C(=O)O)cc21. The fourth-order valence-corrected chi connectivity index (χ4v) is 3.36. The van der Waals surface area contributed by atoms with Crippen LogP contribution < -0.4 is 0 Å². The lowest BCUT2D eigenvalue weighted by atomic mass is 10.0. The molecule has 2 aromatic rings. The van der Waals surface area contributed by atoms with Gasteiger partial charge in [-0.15, -0.1) is 0 Å². The van der Waals surface area contributed by atoms with Crippen LogP contribution in [-0.4, -0.2) is 28.9 Å². The van der Waals surface area contributed by atoms with E-state index in [2.05, 4.69) is 0 Å². The maximum absolute atomic E-state index is 13.2. The molecule has 124 valence electrons. The van der Waals surface area contributed by atoms with Gasteiger partial charge in [-0.1, -0.05) is 17.7 Å². The van der Waals surface area contributed by atoms with Gasteiger partial charge in [-0.2, -0.15) is 0 Å². The van der Waals surface area contributed by atoms with Crippen molar-refractivity contribution in [3.8, 4) is 0 Å². The van der Waals surface area contributed by atoms with Crippen LogP contribution >= 0.6 is 11.6 Å². The highest BCUT2D eigenvalue weighted by Crippen LogP contribution is 2.36. The van der Waals surface area contributed by atoms with Crippen molar-refractivity contribution < 1.29 is 19.1 Å². The Hall–Kier alpha value is -2.40. The molecule has 0 radical (unpaired) electrons. The van der Waals surface area contributed by atoms with Gasteiger partial charge in [0.25, 0.3) is 5.91 Å². The van der Waals surface area contributed by atoms with Crippen LogP contribution in [0.25, 0.3) is 0 Å². The number of carboxylic acids is 1. The minimum absolute atomic E-state index is 0.0596. The molecule has 1 atom stereocenters. The zero-order valence-corrected chi connectivity index (χ0v) is 13.7. The molecular weight excluding hydrogens is 333 g/mol. The van der Waals surface area contributed by atoms with Gasteiger partial charge in [0.15, 0.2) is 0 Å². The minimum atomic E-state index is -1.00. The van der Waals surface area contributed by atoms with Crippen LogP contribution in [0, 0.1) is 5.82 Å². The van der Waals surface area contributed by atoms with Crippen LogP contribution in [0.4, 0.5) is 4.39 Å². The summed E-state index contributed by atoms with van der Waals surface area (Å²) >= 11 is 5.98. The normalized spacial score (nSPS) is 15.9. The topological polar surface area (TPSA) is 57.6 Å². The average Bonchev–Trinajstić information content (AvgIpc) is 2.96. The Kier molecular flexibility index (Phi) is 4.28. The van der Waals surface area contributed by atoms with Crippen molar-refractivity contribution in [3.05, 3.63) is 69.5 Å². The van der Waals surface area contributed by atoms with E-state index in [1.807, 2.05) is 0 Å². The molecule has 1 aliphatic carbocycles. The number of aromatic carboxylic acids is 1. The van der Waals surface area contributed by atoms with E-state index in [1.54, 1.807) is 25.2 Å². The predicted octanol–water partition coefficient (Wildman–Crippen LogP) is 3.94. The molecular formula is C18H15ClFNO3. The number of carbonyl (C=O) groups excluding carboxylic acids is 1. The number of aryl methyl sites for hydroxylation is 1. The summed E-state index contributed by atoms with van der Waals surface area (Å²) in [6.45, 7) is 0. The Morgan fingerprint density at radius 3 is 2.67 bits per heavy atom. The highest BCUT2D eigenvalue weighted by atomic mass is 35.5. The molecule has 4 nitrogen and oxygen atoms in total. The minimum Gasteiger partial charge on any atom is -0.478 e. The molecule has 3 rings (SSSR count). The molecule has 1 N–H and O–H groups in total. The molecule has 0 fully saturated rings. The van der Waals surface area contributed by atoms with Gasteiger partial charge >= 0.3 is 5.97 Å². The highest BCUT2D eigenvalue weighted by Gasteiger charge is 2.30. The van der Waals surface area contributed by atoms with Gasteiger partial charge in [0.2, 0.25) is 0 Å². The average molecular weight is 348 g/mol. The molecule has 0 bridgehead atoms. The van der Waals surface area contributed by atoms with Gasteiger partial charge in [0, 0.05) is 7.05 Å². The van der Waals surface area contributed by atoms with Crippen molar-refractivity contribution in [2.75, 3.05) is 7.05 Å². The predicted molar refractivity (Wildman–Crippen MR) is 88.0 cm³/mol. The molecule has 0 spiro atoms. The van der Waals surface area contributed by atoms with E-state index >= 15 is 0 Å². The quantitative estimate of drug-likeness (QED) is 0.915. The van der Waals surface area contributed by atoms with Gasteiger partial charge in [0.1, 0.15) is 5.82 Å².